The van der Waals surface area contributed by atoms with Crippen LogP contribution in [0.25, 0.3) is 0 Å². The number of anilines is 1. The van der Waals surface area contributed by atoms with E-state index in [-0.39, 0.29) is 23.2 Å². The third kappa shape index (κ3) is 3.49. The fourth-order valence-electron chi connectivity index (χ4n) is 6.90. The SMILES string of the molecule is CCOC(=O)C1CCc2nc(NC(=O)CC34CC5CC(CC(C5)C3)C4)sc2C1. The zero-order chi connectivity index (χ0) is 19.3. The van der Waals surface area contributed by atoms with Crippen molar-refractivity contribution in [1.29, 1.82) is 0 Å². The predicted octanol–water partition coefficient (Wildman–Crippen LogP) is 4.36. The first-order valence-electron chi connectivity index (χ1n) is 11.0. The molecule has 4 saturated carbocycles. The average Bonchev–Trinajstić information content (AvgIpc) is 3.01. The van der Waals surface area contributed by atoms with Gasteiger partial charge in [0, 0.05) is 11.3 Å². The summed E-state index contributed by atoms with van der Waals surface area (Å²) in [6.45, 7) is 2.27. The lowest BCUT2D eigenvalue weighted by molar-refractivity contribution is -0.148. The van der Waals surface area contributed by atoms with Crippen LogP contribution in [0.2, 0.25) is 0 Å². The van der Waals surface area contributed by atoms with Gasteiger partial charge in [0.05, 0.1) is 18.2 Å². The number of esters is 1. The standard InChI is InChI=1S/C22H30N2O3S/c1-2-27-20(26)16-3-4-17-18(8-16)28-21(23-17)24-19(25)12-22-9-13-5-14(10-22)7-15(6-13)11-22/h13-16H,2-12H2,1H3,(H,23,24,25). The topological polar surface area (TPSA) is 68.3 Å². The molecule has 152 valence electrons. The van der Waals surface area contributed by atoms with Crippen molar-refractivity contribution in [3.05, 3.63) is 10.6 Å². The zero-order valence-electron chi connectivity index (χ0n) is 16.7. The van der Waals surface area contributed by atoms with Crippen molar-refractivity contribution in [2.24, 2.45) is 29.1 Å². The Morgan fingerprint density at radius 2 is 1.86 bits per heavy atom. The summed E-state index contributed by atoms with van der Waals surface area (Å²) in [6.07, 6.45) is 10.9. The monoisotopic (exact) mass is 402 g/mol. The Hall–Kier alpha value is -1.43. The maximum absolute atomic E-state index is 12.8. The summed E-state index contributed by atoms with van der Waals surface area (Å²) in [6, 6.07) is 0. The Kier molecular flexibility index (Phi) is 4.73. The number of nitrogens with one attached hydrogen (secondary N) is 1. The van der Waals surface area contributed by atoms with Crippen LogP contribution in [-0.4, -0.2) is 23.5 Å². The highest BCUT2D eigenvalue weighted by Crippen LogP contribution is 2.61. The van der Waals surface area contributed by atoms with Crippen LogP contribution in [0, 0.1) is 29.1 Å². The molecule has 1 N–H and O–H groups in total. The highest BCUT2D eigenvalue weighted by Gasteiger charge is 2.51. The first kappa shape index (κ1) is 18.6. The summed E-state index contributed by atoms with van der Waals surface area (Å²) in [5.41, 5.74) is 1.31. The van der Waals surface area contributed by atoms with E-state index < -0.39 is 0 Å². The van der Waals surface area contributed by atoms with Gasteiger partial charge in [-0.3, -0.25) is 9.59 Å². The molecule has 0 saturated heterocycles. The molecule has 1 heterocycles. The van der Waals surface area contributed by atoms with Gasteiger partial charge < -0.3 is 10.1 Å². The van der Waals surface area contributed by atoms with E-state index in [2.05, 4.69) is 10.3 Å². The number of hydrogen-bond acceptors (Lipinski definition) is 5. The lowest BCUT2D eigenvalue weighted by atomic mass is 9.49. The number of amides is 1. The number of hydrogen-bond donors (Lipinski definition) is 1. The number of aryl methyl sites for hydroxylation is 1. The van der Waals surface area contributed by atoms with Crippen LogP contribution in [0.1, 0.15) is 68.9 Å². The number of rotatable bonds is 5. The lowest BCUT2D eigenvalue weighted by Gasteiger charge is -2.56. The van der Waals surface area contributed by atoms with Crippen molar-refractivity contribution in [3.63, 3.8) is 0 Å². The van der Waals surface area contributed by atoms with E-state index in [0.29, 0.717) is 24.6 Å². The Balaban J connectivity index is 1.22. The molecule has 0 radical (unpaired) electrons. The van der Waals surface area contributed by atoms with Gasteiger partial charge in [0.15, 0.2) is 5.13 Å². The number of nitrogens with zero attached hydrogens (tertiary/aromatic N) is 1. The largest absolute Gasteiger partial charge is 0.466 e. The zero-order valence-corrected chi connectivity index (χ0v) is 17.5. The highest BCUT2D eigenvalue weighted by atomic mass is 32.1. The second-order valence-electron chi connectivity index (χ2n) is 9.72. The van der Waals surface area contributed by atoms with Crippen LogP contribution in [0.3, 0.4) is 0 Å². The van der Waals surface area contributed by atoms with Gasteiger partial charge in [-0.05, 0) is 87.9 Å². The van der Waals surface area contributed by atoms with Gasteiger partial charge in [-0.25, -0.2) is 4.98 Å². The molecular weight excluding hydrogens is 372 g/mol. The fourth-order valence-corrected chi connectivity index (χ4v) is 8.00. The van der Waals surface area contributed by atoms with E-state index >= 15 is 0 Å². The number of fused-ring (bicyclic) bond motifs is 1. The maximum atomic E-state index is 12.8. The molecule has 6 rings (SSSR count). The van der Waals surface area contributed by atoms with E-state index in [9.17, 15) is 9.59 Å². The van der Waals surface area contributed by atoms with Crippen molar-refractivity contribution >= 4 is 28.3 Å². The molecule has 1 atom stereocenters. The van der Waals surface area contributed by atoms with Gasteiger partial charge in [0.2, 0.25) is 5.91 Å². The van der Waals surface area contributed by atoms with E-state index in [0.717, 1.165) is 41.2 Å². The van der Waals surface area contributed by atoms with Gasteiger partial charge in [-0.2, -0.15) is 0 Å². The molecule has 0 spiro atoms. The average molecular weight is 403 g/mol. The summed E-state index contributed by atoms with van der Waals surface area (Å²) in [5.74, 6) is 2.57. The minimum Gasteiger partial charge on any atom is -0.466 e. The van der Waals surface area contributed by atoms with Gasteiger partial charge >= 0.3 is 5.97 Å². The van der Waals surface area contributed by atoms with Crippen molar-refractivity contribution in [3.8, 4) is 0 Å². The molecule has 4 bridgehead atoms. The van der Waals surface area contributed by atoms with Crippen LogP contribution in [-0.2, 0) is 27.2 Å². The van der Waals surface area contributed by atoms with Gasteiger partial charge in [0.25, 0.3) is 0 Å². The molecule has 0 aliphatic heterocycles. The first-order chi connectivity index (χ1) is 13.5. The molecule has 1 aromatic rings. The molecule has 1 aromatic heterocycles. The van der Waals surface area contributed by atoms with Crippen molar-refractivity contribution in [2.75, 3.05) is 11.9 Å². The normalized spacial score (nSPS) is 35.5. The summed E-state index contributed by atoms with van der Waals surface area (Å²) >= 11 is 1.54. The maximum Gasteiger partial charge on any atom is 0.309 e. The minimum atomic E-state index is -0.103. The van der Waals surface area contributed by atoms with Crippen LogP contribution < -0.4 is 5.32 Å². The van der Waals surface area contributed by atoms with E-state index in [1.54, 1.807) is 11.3 Å². The third-order valence-corrected chi connectivity index (χ3v) is 8.54. The van der Waals surface area contributed by atoms with E-state index in [1.165, 1.54) is 38.5 Å². The number of carbonyl (C=O) groups is 2. The highest BCUT2D eigenvalue weighted by molar-refractivity contribution is 7.15. The number of thiazole rings is 1. The quantitative estimate of drug-likeness (QED) is 0.743. The second kappa shape index (κ2) is 7.12. The Labute approximate surface area is 170 Å². The summed E-state index contributed by atoms with van der Waals surface area (Å²) in [4.78, 5) is 30.7. The van der Waals surface area contributed by atoms with Crippen LogP contribution in [0.4, 0.5) is 5.13 Å². The molecule has 0 aromatic carbocycles. The Morgan fingerprint density at radius 1 is 1.18 bits per heavy atom. The first-order valence-corrected chi connectivity index (χ1v) is 11.8. The summed E-state index contributed by atoms with van der Waals surface area (Å²) in [7, 11) is 0. The van der Waals surface area contributed by atoms with E-state index in [4.69, 9.17) is 4.74 Å². The van der Waals surface area contributed by atoms with Crippen LogP contribution >= 0.6 is 11.3 Å². The van der Waals surface area contributed by atoms with Crippen molar-refractivity contribution in [2.45, 2.75) is 71.1 Å². The number of carbonyl (C=O) groups excluding carboxylic acids is 2. The number of ether oxygens (including phenoxy) is 1. The molecule has 28 heavy (non-hydrogen) atoms. The molecule has 5 aliphatic rings. The fraction of sp³-hybridized carbons (Fsp3) is 0.773. The molecule has 1 amide bonds. The molecule has 1 unspecified atom stereocenters. The second-order valence-corrected chi connectivity index (χ2v) is 10.8. The Morgan fingerprint density at radius 3 is 2.50 bits per heavy atom. The van der Waals surface area contributed by atoms with Crippen LogP contribution in [0.15, 0.2) is 0 Å². The lowest BCUT2D eigenvalue weighted by Crippen LogP contribution is -2.47. The minimum absolute atomic E-state index is 0.0662. The van der Waals surface area contributed by atoms with Gasteiger partial charge in [0.1, 0.15) is 0 Å². The van der Waals surface area contributed by atoms with E-state index in [1.807, 2.05) is 6.92 Å². The van der Waals surface area contributed by atoms with Gasteiger partial charge in [-0.1, -0.05) is 0 Å². The molecular formula is C22H30N2O3S. The van der Waals surface area contributed by atoms with Crippen LogP contribution in [0.5, 0.6) is 0 Å². The molecule has 4 fully saturated rings. The van der Waals surface area contributed by atoms with Crippen molar-refractivity contribution in [1.82, 2.24) is 4.98 Å². The Bertz CT molecular complexity index is 751. The molecule has 5 nitrogen and oxygen atoms in total. The molecule has 6 heteroatoms. The van der Waals surface area contributed by atoms with Gasteiger partial charge in [-0.15, -0.1) is 11.3 Å². The third-order valence-electron chi connectivity index (χ3n) is 7.51. The summed E-state index contributed by atoms with van der Waals surface area (Å²) in [5, 5.41) is 3.81. The van der Waals surface area contributed by atoms with Crippen molar-refractivity contribution < 1.29 is 14.3 Å². The smallest absolute Gasteiger partial charge is 0.309 e. The summed E-state index contributed by atoms with van der Waals surface area (Å²) < 4.78 is 5.18. The number of aromatic nitrogens is 1. The molecule has 5 aliphatic carbocycles. The predicted molar refractivity (Wildman–Crippen MR) is 108 cm³/mol.